The molecule has 0 unspecified atom stereocenters. The smallest absolute Gasteiger partial charge is 0.249 e. The van der Waals surface area contributed by atoms with E-state index in [-0.39, 0.29) is 6.42 Å². The lowest BCUT2D eigenvalue weighted by Crippen LogP contribution is -2.60. The van der Waals surface area contributed by atoms with Crippen LogP contribution in [0.5, 0.6) is 0 Å². The Balaban J connectivity index is 2.32. The van der Waals surface area contributed by atoms with Crippen LogP contribution in [0.3, 0.4) is 0 Å². The Morgan fingerprint density at radius 2 is 0.852 bits per heavy atom. The van der Waals surface area contributed by atoms with Gasteiger partial charge in [-0.2, -0.15) is 0 Å². The maximum Gasteiger partial charge on any atom is 0.249 e. The van der Waals surface area contributed by atoms with Gasteiger partial charge in [-0.15, -0.1) is 0 Å². The van der Waals surface area contributed by atoms with Crippen molar-refractivity contribution in [3.8, 4) is 0 Å². The van der Waals surface area contributed by atoms with Gasteiger partial charge >= 0.3 is 0 Å². The summed E-state index contributed by atoms with van der Waals surface area (Å²) in [6, 6.07) is -1.16. The summed E-state index contributed by atoms with van der Waals surface area (Å²) >= 11 is 0. The predicted molar refractivity (Wildman–Crippen MR) is 247 cm³/mol. The van der Waals surface area contributed by atoms with Gasteiger partial charge in [0.25, 0.3) is 0 Å². The van der Waals surface area contributed by atoms with E-state index in [4.69, 9.17) is 9.47 Å². The summed E-state index contributed by atoms with van der Waals surface area (Å²) in [6.07, 6.45) is 31.6. The maximum absolute atomic E-state index is 13.1. The molecular formula is C50H99NO10. The van der Waals surface area contributed by atoms with E-state index in [1.807, 2.05) is 0 Å². The fourth-order valence-corrected chi connectivity index (χ4v) is 8.62. The summed E-state index contributed by atoms with van der Waals surface area (Å²) in [5, 5.41) is 75.8. The molecule has 1 amide bonds. The number of amides is 1. The van der Waals surface area contributed by atoms with Gasteiger partial charge in [0, 0.05) is 0 Å². The number of hydrogen-bond acceptors (Lipinski definition) is 10. The summed E-state index contributed by atoms with van der Waals surface area (Å²) in [6.45, 7) is 3.46. The van der Waals surface area contributed by atoms with Crippen LogP contribution in [0.15, 0.2) is 0 Å². The van der Waals surface area contributed by atoms with E-state index >= 15 is 0 Å². The molecule has 0 bridgehead atoms. The highest BCUT2D eigenvalue weighted by Gasteiger charge is 2.44. The monoisotopic (exact) mass is 874 g/mol. The molecule has 0 saturated carbocycles. The molecule has 0 radical (unpaired) electrons. The molecule has 11 heteroatoms. The molecule has 1 fully saturated rings. The van der Waals surface area contributed by atoms with Crippen LogP contribution in [-0.4, -0.2) is 110 Å². The normalized spacial score (nSPS) is 21.4. The maximum atomic E-state index is 13.1. The number of unbranched alkanes of at least 4 members (excludes halogenated alkanes) is 32. The molecule has 0 aromatic heterocycles. The largest absolute Gasteiger partial charge is 0.394 e. The number of carbonyl (C=O) groups is 1. The van der Waals surface area contributed by atoms with Crippen molar-refractivity contribution in [1.82, 2.24) is 5.32 Å². The fraction of sp³-hybridized carbons (Fsp3) is 0.980. The molecule has 8 N–H and O–H groups in total. The van der Waals surface area contributed by atoms with E-state index in [0.717, 1.165) is 38.5 Å². The van der Waals surface area contributed by atoms with Gasteiger partial charge in [0.2, 0.25) is 5.91 Å². The third kappa shape index (κ3) is 30.0. The first-order chi connectivity index (χ1) is 29.7. The number of aliphatic hydroxyl groups excluding tert-OH is 7. The second-order valence-corrected chi connectivity index (χ2v) is 18.6. The predicted octanol–water partition coefficient (Wildman–Crippen LogP) is 9.45. The van der Waals surface area contributed by atoms with E-state index in [2.05, 4.69) is 19.2 Å². The fourth-order valence-electron chi connectivity index (χ4n) is 8.62. The van der Waals surface area contributed by atoms with Crippen LogP contribution in [0.2, 0.25) is 0 Å². The van der Waals surface area contributed by atoms with Gasteiger partial charge in [-0.3, -0.25) is 4.79 Å². The molecule has 61 heavy (non-hydrogen) atoms. The van der Waals surface area contributed by atoms with Crippen molar-refractivity contribution in [1.29, 1.82) is 0 Å². The first kappa shape index (κ1) is 58.1. The van der Waals surface area contributed by atoms with E-state index < -0.39 is 74.2 Å². The van der Waals surface area contributed by atoms with Gasteiger partial charge in [0.15, 0.2) is 6.29 Å². The lowest BCUT2D eigenvalue weighted by molar-refractivity contribution is -0.303. The van der Waals surface area contributed by atoms with Gasteiger partial charge in [0.05, 0.1) is 25.4 Å². The van der Waals surface area contributed by atoms with Crippen molar-refractivity contribution in [2.24, 2.45) is 0 Å². The molecule has 9 atom stereocenters. The van der Waals surface area contributed by atoms with Crippen LogP contribution in [0.1, 0.15) is 245 Å². The summed E-state index contributed by atoms with van der Waals surface area (Å²) in [5.74, 6) is -0.692. The number of rotatable bonds is 44. The van der Waals surface area contributed by atoms with Crippen LogP contribution in [-0.2, 0) is 14.3 Å². The zero-order valence-corrected chi connectivity index (χ0v) is 39.4. The highest BCUT2D eigenvalue weighted by molar-refractivity contribution is 5.80. The SMILES string of the molecule is CCCCCCCCCCCCCCCCCCCCCCCC[C@@H](O)C(=O)N[C@@H](CO[C@@H]1O[C@H](CO)[C@H](O)[C@H](O)[C@H]1O)[C@H](O)[C@H](O)CCCCCCCCCCCCCC. The minimum atomic E-state index is -1.66. The molecule has 1 heterocycles. The molecule has 1 saturated heterocycles. The summed E-state index contributed by atoms with van der Waals surface area (Å²) in [7, 11) is 0. The van der Waals surface area contributed by atoms with Crippen LogP contribution in [0.25, 0.3) is 0 Å². The second kappa shape index (κ2) is 40.6. The summed E-state index contributed by atoms with van der Waals surface area (Å²) in [5.41, 5.74) is 0. The highest BCUT2D eigenvalue weighted by Crippen LogP contribution is 2.23. The Bertz CT molecular complexity index is 959. The second-order valence-electron chi connectivity index (χ2n) is 18.6. The van der Waals surface area contributed by atoms with E-state index in [9.17, 15) is 40.5 Å². The first-order valence-corrected chi connectivity index (χ1v) is 25.9. The van der Waals surface area contributed by atoms with Gasteiger partial charge < -0.3 is 50.5 Å². The van der Waals surface area contributed by atoms with E-state index in [0.29, 0.717) is 19.3 Å². The standard InChI is InChI=1S/C50H99NO10/c1-3-5-7-9-11-13-15-17-18-19-20-21-22-23-24-25-26-28-30-32-34-36-38-43(54)49(59)51-41(40-60-50-48(58)47(57)46(56)44(39-52)61-50)45(55)42(53)37-35-33-31-29-27-16-14-12-10-8-6-4-2/h41-48,50,52-58H,3-40H2,1-2H3,(H,51,59)/t41-,42+,43+,44+,45-,46-,47-,48+,50+/m0/s1. The lowest BCUT2D eigenvalue weighted by Gasteiger charge is -2.40. The zero-order chi connectivity index (χ0) is 44.8. The van der Waals surface area contributed by atoms with Crippen LogP contribution in [0.4, 0.5) is 0 Å². The quantitative estimate of drug-likeness (QED) is 0.0274. The Morgan fingerprint density at radius 1 is 0.508 bits per heavy atom. The van der Waals surface area contributed by atoms with Gasteiger partial charge in [-0.25, -0.2) is 0 Å². The summed E-state index contributed by atoms with van der Waals surface area (Å²) in [4.78, 5) is 13.1. The third-order valence-electron chi connectivity index (χ3n) is 12.9. The van der Waals surface area contributed by atoms with Crippen molar-refractivity contribution in [3.63, 3.8) is 0 Å². The van der Waals surface area contributed by atoms with Gasteiger partial charge in [-0.1, -0.05) is 232 Å². The molecule has 0 aliphatic carbocycles. The van der Waals surface area contributed by atoms with E-state index in [1.165, 1.54) is 167 Å². The number of ether oxygens (including phenoxy) is 2. The van der Waals surface area contributed by atoms with Gasteiger partial charge in [0.1, 0.15) is 36.6 Å². The average molecular weight is 874 g/mol. The molecule has 0 aromatic carbocycles. The first-order valence-electron chi connectivity index (χ1n) is 25.9. The number of aliphatic hydroxyl groups is 7. The molecule has 0 aromatic rings. The zero-order valence-electron chi connectivity index (χ0n) is 39.4. The van der Waals surface area contributed by atoms with Gasteiger partial charge in [-0.05, 0) is 12.8 Å². The van der Waals surface area contributed by atoms with Crippen LogP contribution < -0.4 is 5.32 Å². The Morgan fingerprint density at radius 3 is 1.21 bits per heavy atom. The third-order valence-corrected chi connectivity index (χ3v) is 12.9. The minimum absolute atomic E-state index is 0.267. The summed E-state index contributed by atoms with van der Waals surface area (Å²) < 4.78 is 11.1. The Hall–Kier alpha value is -0.890. The average Bonchev–Trinajstić information content (AvgIpc) is 3.26. The number of carbonyl (C=O) groups excluding carboxylic acids is 1. The van der Waals surface area contributed by atoms with Crippen LogP contribution in [0, 0.1) is 0 Å². The van der Waals surface area contributed by atoms with Crippen molar-refractivity contribution in [2.75, 3.05) is 13.2 Å². The highest BCUT2D eigenvalue weighted by atomic mass is 16.7. The number of nitrogens with one attached hydrogen (secondary N) is 1. The van der Waals surface area contributed by atoms with Crippen LogP contribution >= 0.6 is 0 Å². The lowest BCUT2D eigenvalue weighted by atomic mass is 9.98. The molecule has 0 spiro atoms. The molecule has 11 nitrogen and oxygen atoms in total. The van der Waals surface area contributed by atoms with Crippen molar-refractivity contribution < 1.29 is 50.0 Å². The molecule has 1 aliphatic heterocycles. The minimum Gasteiger partial charge on any atom is -0.394 e. The molecule has 1 aliphatic rings. The van der Waals surface area contributed by atoms with E-state index in [1.54, 1.807) is 0 Å². The van der Waals surface area contributed by atoms with Crippen molar-refractivity contribution in [2.45, 2.75) is 300 Å². The topological polar surface area (TPSA) is 189 Å². The Kier molecular flexibility index (Phi) is 38.7. The molecule has 364 valence electrons. The van der Waals surface area contributed by atoms with Crippen molar-refractivity contribution in [3.05, 3.63) is 0 Å². The van der Waals surface area contributed by atoms with Crippen molar-refractivity contribution >= 4 is 5.91 Å². The number of hydrogen-bond donors (Lipinski definition) is 8. The molecular weight excluding hydrogens is 775 g/mol. The molecule has 1 rings (SSSR count). The Labute approximate surface area is 373 Å².